The summed E-state index contributed by atoms with van der Waals surface area (Å²) in [6, 6.07) is 4.19. The van der Waals surface area contributed by atoms with Crippen molar-refractivity contribution < 1.29 is 9.53 Å². The second-order valence-corrected chi connectivity index (χ2v) is 6.43. The van der Waals surface area contributed by atoms with Crippen molar-refractivity contribution in [2.24, 2.45) is 4.99 Å². The van der Waals surface area contributed by atoms with E-state index in [9.17, 15) is 4.79 Å². The van der Waals surface area contributed by atoms with Crippen molar-refractivity contribution in [2.75, 3.05) is 40.4 Å². The van der Waals surface area contributed by atoms with Crippen molar-refractivity contribution in [2.45, 2.75) is 19.3 Å². The summed E-state index contributed by atoms with van der Waals surface area (Å²) in [4.78, 5) is 17.1. The Labute approximate surface area is 159 Å². The lowest BCUT2D eigenvalue weighted by Gasteiger charge is -2.25. The minimum atomic E-state index is -0.0856. The summed E-state index contributed by atoms with van der Waals surface area (Å²) >= 11 is 1.74. The van der Waals surface area contributed by atoms with Crippen molar-refractivity contribution in [3.05, 3.63) is 22.4 Å². The molecule has 23 heavy (non-hydrogen) atoms. The van der Waals surface area contributed by atoms with E-state index >= 15 is 0 Å². The molecule has 0 saturated carbocycles. The van der Waals surface area contributed by atoms with Crippen molar-refractivity contribution in [1.29, 1.82) is 0 Å². The molecule has 0 fully saturated rings. The third-order valence-corrected chi connectivity index (χ3v) is 4.39. The minimum absolute atomic E-state index is 0. The summed E-state index contributed by atoms with van der Waals surface area (Å²) < 4.78 is 4.88. The van der Waals surface area contributed by atoms with Crippen LogP contribution in [0.4, 0.5) is 0 Å². The number of ether oxygens (including phenoxy) is 1. The van der Waals surface area contributed by atoms with Crippen LogP contribution in [0, 0.1) is 0 Å². The van der Waals surface area contributed by atoms with Gasteiger partial charge in [0, 0.05) is 37.5 Å². The van der Waals surface area contributed by atoms with Gasteiger partial charge in [0.1, 0.15) is 0 Å². The zero-order valence-electron chi connectivity index (χ0n) is 14.1. The van der Waals surface area contributed by atoms with Crippen LogP contribution in [0.5, 0.6) is 0 Å². The highest BCUT2D eigenvalue weighted by Gasteiger charge is 2.21. The van der Waals surface area contributed by atoms with E-state index < -0.39 is 0 Å². The number of nitrogens with one attached hydrogen (secondary N) is 3. The molecule has 8 heteroatoms. The molecule has 132 valence electrons. The molecule has 6 nitrogen and oxygen atoms in total. The SMILES string of the molecule is CN=C(NCC(=O)NCCOC)NCC(C)(C)c1cccs1.I. The molecule has 0 aliphatic heterocycles. The van der Waals surface area contributed by atoms with Gasteiger partial charge in [0.05, 0.1) is 13.2 Å². The Bertz CT molecular complexity index is 478. The molecular weight excluding hydrogens is 427 g/mol. The van der Waals surface area contributed by atoms with E-state index in [-0.39, 0.29) is 41.8 Å². The number of halogens is 1. The molecule has 0 radical (unpaired) electrons. The lowest BCUT2D eigenvalue weighted by Crippen LogP contribution is -2.46. The molecule has 1 amide bonds. The number of carbonyl (C=O) groups is 1. The first-order valence-electron chi connectivity index (χ1n) is 7.23. The minimum Gasteiger partial charge on any atom is -0.383 e. The number of guanidine groups is 1. The van der Waals surface area contributed by atoms with E-state index in [2.05, 4.69) is 52.3 Å². The topological polar surface area (TPSA) is 74.8 Å². The smallest absolute Gasteiger partial charge is 0.239 e. The number of thiophene rings is 1. The molecule has 0 aromatic carbocycles. The van der Waals surface area contributed by atoms with Crippen LogP contribution < -0.4 is 16.0 Å². The zero-order chi connectivity index (χ0) is 16.4. The lowest BCUT2D eigenvalue weighted by molar-refractivity contribution is -0.120. The van der Waals surface area contributed by atoms with Crippen LogP contribution in [0.25, 0.3) is 0 Å². The van der Waals surface area contributed by atoms with Gasteiger partial charge in [0.25, 0.3) is 0 Å². The van der Waals surface area contributed by atoms with Gasteiger partial charge in [-0.1, -0.05) is 19.9 Å². The molecule has 0 unspecified atom stereocenters. The van der Waals surface area contributed by atoms with Crippen molar-refractivity contribution in [3.8, 4) is 0 Å². The van der Waals surface area contributed by atoms with E-state index in [0.717, 1.165) is 6.54 Å². The fraction of sp³-hybridized carbons (Fsp3) is 0.600. The Morgan fingerprint density at radius 1 is 1.35 bits per heavy atom. The average molecular weight is 454 g/mol. The molecule has 3 N–H and O–H groups in total. The predicted molar refractivity (Wildman–Crippen MR) is 107 cm³/mol. The molecule has 0 atom stereocenters. The maximum Gasteiger partial charge on any atom is 0.239 e. The number of aliphatic imine (C=N–C) groups is 1. The second-order valence-electron chi connectivity index (χ2n) is 5.48. The van der Waals surface area contributed by atoms with Gasteiger partial charge in [-0.2, -0.15) is 0 Å². The van der Waals surface area contributed by atoms with Crippen LogP contribution in [-0.4, -0.2) is 52.3 Å². The highest BCUT2D eigenvalue weighted by atomic mass is 127. The van der Waals surface area contributed by atoms with E-state index in [1.807, 2.05) is 0 Å². The monoisotopic (exact) mass is 454 g/mol. The van der Waals surface area contributed by atoms with Crippen LogP contribution in [0.2, 0.25) is 0 Å². The third kappa shape index (κ3) is 8.52. The molecule has 0 aliphatic rings. The quantitative estimate of drug-likeness (QED) is 0.241. The number of nitrogens with zero attached hydrogens (tertiary/aromatic N) is 1. The van der Waals surface area contributed by atoms with Crippen LogP contribution in [0.3, 0.4) is 0 Å². The van der Waals surface area contributed by atoms with E-state index in [0.29, 0.717) is 19.1 Å². The van der Waals surface area contributed by atoms with Crippen LogP contribution >= 0.6 is 35.3 Å². The molecule has 0 spiro atoms. The number of methoxy groups -OCH3 is 1. The highest BCUT2D eigenvalue weighted by Crippen LogP contribution is 2.26. The van der Waals surface area contributed by atoms with E-state index in [1.54, 1.807) is 25.5 Å². The number of hydrogen-bond donors (Lipinski definition) is 3. The Morgan fingerprint density at radius 3 is 2.65 bits per heavy atom. The van der Waals surface area contributed by atoms with Crippen LogP contribution in [-0.2, 0) is 14.9 Å². The Balaban J connectivity index is 0.00000484. The normalized spacial score (nSPS) is 11.6. The molecule has 1 aromatic heterocycles. The Hall–Kier alpha value is -0.870. The number of rotatable bonds is 8. The summed E-state index contributed by atoms with van der Waals surface area (Å²) in [6.45, 7) is 6.29. The Kier molecular flexibility index (Phi) is 11.2. The molecular formula is C15H27IN4O2S. The van der Waals surface area contributed by atoms with Gasteiger partial charge in [-0.05, 0) is 11.4 Å². The van der Waals surface area contributed by atoms with Gasteiger partial charge in [0.2, 0.25) is 5.91 Å². The standard InChI is InChI=1S/C15H26N4O2S.HI/c1-15(2,12-6-5-9-22-12)11-19-14(16-3)18-10-13(20)17-7-8-21-4;/h5-6,9H,7-8,10-11H2,1-4H3,(H,17,20)(H2,16,18,19);1H. The second kappa shape index (κ2) is 11.6. The van der Waals surface area contributed by atoms with Crippen molar-refractivity contribution in [3.63, 3.8) is 0 Å². The first kappa shape index (κ1) is 22.1. The average Bonchev–Trinajstić information content (AvgIpc) is 3.03. The number of carbonyl (C=O) groups excluding carboxylic acids is 1. The number of hydrogen-bond acceptors (Lipinski definition) is 4. The highest BCUT2D eigenvalue weighted by molar-refractivity contribution is 14.0. The molecule has 1 heterocycles. The predicted octanol–water partition coefficient (Wildman–Crippen LogP) is 1.57. The van der Waals surface area contributed by atoms with Gasteiger partial charge in [-0.25, -0.2) is 0 Å². The van der Waals surface area contributed by atoms with Gasteiger partial charge >= 0.3 is 0 Å². The molecule has 1 aromatic rings. The van der Waals surface area contributed by atoms with Crippen LogP contribution in [0.1, 0.15) is 18.7 Å². The summed E-state index contributed by atoms with van der Waals surface area (Å²) in [5.74, 6) is 0.532. The molecule has 1 rings (SSSR count). The molecule has 0 aliphatic carbocycles. The summed E-state index contributed by atoms with van der Waals surface area (Å²) in [5.41, 5.74) is 0.00646. The van der Waals surface area contributed by atoms with E-state index in [4.69, 9.17) is 4.74 Å². The zero-order valence-corrected chi connectivity index (χ0v) is 17.3. The van der Waals surface area contributed by atoms with Gasteiger partial charge < -0.3 is 20.7 Å². The molecule has 0 saturated heterocycles. The largest absolute Gasteiger partial charge is 0.383 e. The van der Waals surface area contributed by atoms with Crippen LogP contribution in [0.15, 0.2) is 22.5 Å². The van der Waals surface area contributed by atoms with Gasteiger partial charge in [-0.15, -0.1) is 35.3 Å². The fourth-order valence-electron chi connectivity index (χ4n) is 1.80. The van der Waals surface area contributed by atoms with E-state index in [1.165, 1.54) is 4.88 Å². The fourth-order valence-corrected chi connectivity index (χ4v) is 2.65. The summed E-state index contributed by atoms with van der Waals surface area (Å²) in [5, 5.41) is 11.1. The number of amides is 1. The van der Waals surface area contributed by atoms with Crippen molar-refractivity contribution in [1.82, 2.24) is 16.0 Å². The summed E-state index contributed by atoms with van der Waals surface area (Å²) in [6.07, 6.45) is 0. The van der Waals surface area contributed by atoms with Gasteiger partial charge in [0.15, 0.2) is 5.96 Å². The first-order valence-corrected chi connectivity index (χ1v) is 8.11. The third-order valence-electron chi connectivity index (χ3n) is 3.15. The van der Waals surface area contributed by atoms with Gasteiger partial charge in [-0.3, -0.25) is 9.79 Å². The maximum atomic E-state index is 11.6. The first-order chi connectivity index (χ1) is 10.5. The Morgan fingerprint density at radius 2 is 2.09 bits per heavy atom. The van der Waals surface area contributed by atoms with Crippen molar-refractivity contribution >= 4 is 47.2 Å². The lowest BCUT2D eigenvalue weighted by atomic mass is 9.91. The molecule has 0 bridgehead atoms. The maximum absolute atomic E-state index is 11.6. The summed E-state index contributed by atoms with van der Waals surface area (Å²) in [7, 11) is 3.29.